The van der Waals surface area contributed by atoms with Gasteiger partial charge in [-0.3, -0.25) is 0 Å². The highest BCUT2D eigenvalue weighted by molar-refractivity contribution is 7.79. The fourth-order valence-electron chi connectivity index (χ4n) is 0.966. The van der Waals surface area contributed by atoms with Gasteiger partial charge in [0.2, 0.25) is 0 Å². The number of carbonyl (C=O) groups excluding carboxylic acids is 1. The Labute approximate surface area is 90.3 Å². The van der Waals surface area contributed by atoms with Crippen LogP contribution in [0.2, 0.25) is 0 Å². The minimum atomic E-state index is -2.88. The smallest absolute Gasteiger partial charge is 0.341 e. The van der Waals surface area contributed by atoms with E-state index in [1.807, 2.05) is 0 Å². The zero-order chi connectivity index (χ0) is 12.5. The van der Waals surface area contributed by atoms with E-state index in [0.29, 0.717) is 6.07 Å². The number of rotatable bonds is 2. The Bertz CT molecular complexity index is 475. The summed E-state index contributed by atoms with van der Waals surface area (Å²) < 4.78 is 62.2. The molecule has 0 saturated carbocycles. The van der Waals surface area contributed by atoms with E-state index in [1.165, 1.54) is 0 Å². The van der Waals surface area contributed by atoms with Crippen LogP contribution in [0.3, 0.4) is 0 Å². The van der Waals surface area contributed by atoms with Crippen LogP contribution in [0, 0.1) is 17.5 Å². The van der Waals surface area contributed by atoms with Crippen molar-refractivity contribution in [3.8, 4) is 0 Å². The summed E-state index contributed by atoms with van der Waals surface area (Å²) >= 11 is -2.88. The molecular formula is C8H5F3O4S. The second-order valence-corrected chi connectivity index (χ2v) is 3.54. The number of methoxy groups -OCH3 is 1. The summed E-state index contributed by atoms with van der Waals surface area (Å²) in [7, 11) is 0.901. The number of esters is 1. The van der Waals surface area contributed by atoms with Gasteiger partial charge in [-0.2, -0.15) is 0 Å². The van der Waals surface area contributed by atoms with Crippen LogP contribution in [0.5, 0.6) is 0 Å². The zero-order valence-electron chi connectivity index (χ0n) is 7.79. The second kappa shape index (κ2) is 4.62. The minimum Gasteiger partial charge on any atom is -0.465 e. The lowest BCUT2D eigenvalue weighted by molar-refractivity contribution is 0.0593. The quantitative estimate of drug-likeness (QED) is 0.493. The van der Waals surface area contributed by atoms with Crippen LogP contribution in [-0.2, 0) is 15.8 Å². The molecule has 1 rings (SSSR count). The molecule has 0 bridgehead atoms. The Kier molecular flexibility index (Phi) is 3.66. The first-order valence-electron chi connectivity index (χ1n) is 3.76. The molecule has 8 heteroatoms. The molecule has 0 aromatic heterocycles. The van der Waals surface area contributed by atoms with Crippen molar-refractivity contribution in [3.63, 3.8) is 0 Å². The third kappa shape index (κ3) is 2.07. The highest BCUT2D eigenvalue weighted by atomic mass is 32.2. The normalized spacial score (nSPS) is 12.3. The van der Waals surface area contributed by atoms with Crippen molar-refractivity contribution in [2.24, 2.45) is 0 Å². The molecule has 0 radical (unpaired) electrons. The number of benzene rings is 1. The highest BCUT2D eigenvalue weighted by Crippen LogP contribution is 2.22. The monoisotopic (exact) mass is 254 g/mol. The number of hydrogen-bond acceptors (Lipinski definition) is 3. The largest absolute Gasteiger partial charge is 0.465 e. The Hall–Kier alpha value is -1.41. The molecule has 1 aromatic rings. The van der Waals surface area contributed by atoms with Crippen molar-refractivity contribution in [3.05, 3.63) is 29.1 Å². The SMILES string of the molecule is COC(=O)c1cc(S(=O)O)c(F)c(F)c1F. The summed E-state index contributed by atoms with van der Waals surface area (Å²) in [6, 6.07) is 0.426. The predicted octanol–water partition coefficient (Wildman–Crippen LogP) is 1.47. The lowest BCUT2D eigenvalue weighted by Crippen LogP contribution is -2.10. The predicted molar refractivity (Wildman–Crippen MR) is 46.7 cm³/mol. The van der Waals surface area contributed by atoms with Crippen molar-refractivity contribution < 1.29 is 31.5 Å². The fourth-order valence-corrected chi connectivity index (χ4v) is 1.43. The number of hydrogen-bond donors (Lipinski definition) is 1. The van der Waals surface area contributed by atoms with Crippen molar-refractivity contribution >= 4 is 17.0 Å². The molecule has 0 amide bonds. The lowest BCUT2D eigenvalue weighted by Gasteiger charge is -2.05. The summed E-state index contributed by atoms with van der Waals surface area (Å²) in [5, 5.41) is 0. The van der Waals surface area contributed by atoms with Gasteiger partial charge in [-0.1, -0.05) is 0 Å². The summed E-state index contributed by atoms with van der Waals surface area (Å²) in [5.41, 5.74) is -0.946. The third-order valence-electron chi connectivity index (χ3n) is 1.71. The Morgan fingerprint density at radius 3 is 2.31 bits per heavy atom. The molecule has 0 heterocycles. The van der Waals surface area contributed by atoms with E-state index in [2.05, 4.69) is 4.74 Å². The van der Waals surface area contributed by atoms with Crippen molar-refractivity contribution in [2.45, 2.75) is 4.90 Å². The van der Waals surface area contributed by atoms with Gasteiger partial charge in [0.1, 0.15) is 4.90 Å². The van der Waals surface area contributed by atoms with Gasteiger partial charge in [0.15, 0.2) is 28.5 Å². The molecule has 16 heavy (non-hydrogen) atoms. The van der Waals surface area contributed by atoms with E-state index in [4.69, 9.17) is 4.55 Å². The van der Waals surface area contributed by atoms with E-state index < -0.39 is 45.0 Å². The van der Waals surface area contributed by atoms with Crippen molar-refractivity contribution in [1.82, 2.24) is 0 Å². The van der Waals surface area contributed by atoms with E-state index >= 15 is 0 Å². The van der Waals surface area contributed by atoms with Crippen LogP contribution >= 0.6 is 0 Å². The molecule has 88 valence electrons. The second-order valence-electron chi connectivity index (χ2n) is 2.60. The molecular weight excluding hydrogens is 249 g/mol. The zero-order valence-corrected chi connectivity index (χ0v) is 8.61. The first kappa shape index (κ1) is 12.7. The summed E-state index contributed by atoms with van der Waals surface area (Å²) in [6.07, 6.45) is 0. The van der Waals surface area contributed by atoms with Gasteiger partial charge in [0.05, 0.1) is 12.7 Å². The topological polar surface area (TPSA) is 63.6 Å². The molecule has 1 N–H and O–H groups in total. The maximum Gasteiger partial charge on any atom is 0.341 e. The van der Waals surface area contributed by atoms with Crippen LogP contribution in [0.15, 0.2) is 11.0 Å². The highest BCUT2D eigenvalue weighted by Gasteiger charge is 2.25. The number of ether oxygens (including phenoxy) is 1. The van der Waals surface area contributed by atoms with Crippen LogP contribution in [0.25, 0.3) is 0 Å². The van der Waals surface area contributed by atoms with Crippen molar-refractivity contribution in [1.29, 1.82) is 0 Å². The van der Waals surface area contributed by atoms with Crippen LogP contribution < -0.4 is 0 Å². The molecule has 0 spiro atoms. The molecule has 1 aromatic carbocycles. The Morgan fingerprint density at radius 2 is 1.88 bits per heavy atom. The number of halogens is 3. The van der Waals surface area contributed by atoms with E-state index in [1.54, 1.807) is 0 Å². The molecule has 0 fully saturated rings. The molecule has 1 atom stereocenters. The molecule has 0 aliphatic heterocycles. The molecule has 1 unspecified atom stereocenters. The summed E-state index contributed by atoms with van der Waals surface area (Å²) in [6.45, 7) is 0. The molecule has 4 nitrogen and oxygen atoms in total. The van der Waals surface area contributed by atoms with Gasteiger partial charge in [-0.25, -0.2) is 22.2 Å². The summed E-state index contributed by atoms with van der Waals surface area (Å²) in [5.74, 6) is -6.85. The number of carbonyl (C=O) groups is 1. The van der Waals surface area contributed by atoms with Gasteiger partial charge in [0.25, 0.3) is 0 Å². The van der Waals surface area contributed by atoms with Gasteiger partial charge in [0, 0.05) is 0 Å². The van der Waals surface area contributed by atoms with Crippen molar-refractivity contribution in [2.75, 3.05) is 7.11 Å². The molecule has 0 saturated heterocycles. The lowest BCUT2D eigenvalue weighted by atomic mass is 10.2. The molecule has 0 aliphatic rings. The van der Waals surface area contributed by atoms with Gasteiger partial charge in [-0.05, 0) is 6.07 Å². The Morgan fingerprint density at radius 1 is 1.31 bits per heavy atom. The van der Waals surface area contributed by atoms with Gasteiger partial charge < -0.3 is 9.29 Å². The van der Waals surface area contributed by atoms with E-state index in [9.17, 15) is 22.2 Å². The van der Waals surface area contributed by atoms with Crippen LogP contribution in [0.4, 0.5) is 13.2 Å². The van der Waals surface area contributed by atoms with Crippen LogP contribution in [0.1, 0.15) is 10.4 Å². The average molecular weight is 254 g/mol. The van der Waals surface area contributed by atoms with Gasteiger partial charge in [-0.15, -0.1) is 0 Å². The maximum atomic E-state index is 13.0. The standard InChI is InChI=1S/C8H5F3O4S/c1-15-8(12)3-2-4(16(13)14)6(10)7(11)5(3)9/h2H,1H3,(H,13,14). The third-order valence-corrected chi connectivity index (χ3v) is 2.38. The maximum absolute atomic E-state index is 13.0. The fraction of sp³-hybridized carbons (Fsp3) is 0.125. The average Bonchev–Trinajstić information content (AvgIpc) is 2.25. The first-order chi connectivity index (χ1) is 7.40. The minimum absolute atomic E-state index is 0.426. The van der Waals surface area contributed by atoms with Crippen LogP contribution in [-0.4, -0.2) is 21.8 Å². The van der Waals surface area contributed by atoms with E-state index in [0.717, 1.165) is 7.11 Å². The van der Waals surface area contributed by atoms with Gasteiger partial charge >= 0.3 is 5.97 Å². The first-order valence-corrected chi connectivity index (χ1v) is 4.87. The Balaban J connectivity index is 3.53. The van der Waals surface area contributed by atoms with E-state index in [-0.39, 0.29) is 0 Å². The summed E-state index contributed by atoms with van der Waals surface area (Å²) in [4.78, 5) is 9.91. The molecule has 0 aliphatic carbocycles.